The molecule has 0 aliphatic carbocycles. The van der Waals surface area contributed by atoms with E-state index < -0.39 is 0 Å². The Labute approximate surface area is 173 Å². The van der Waals surface area contributed by atoms with Gasteiger partial charge in [-0.25, -0.2) is 0 Å². The molecule has 0 unspecified atom stereocenters. The fraction of sp³-hybridized carbons (Fsp3) is 0.417. The topological polar surface area (TPSA) is 67.4 Å². The van der Waals surface area contributed by atoms with Crippen LogP contribution in [0.3, 0.4) is 0 Å². The second-order valence-corrected chi connectivity index (χ2v) is 7.58. The lowest BCUT2D eigenvalue weighted by molar-refractivity contribution is -0.116. The first-order chi connectivity index (χ1) is 14.0. The normalized spacial score (nSPS) is 10.6. The molecular weight excluding hydrogens is 364 g/mol. The van der Waals surface area contributed by atoms with Gasteiger partial charge in [-0.1, -0.05) is 52.2 Å². The summed E-state index contributed by atoms with van der Waals surface area (Å²) in [4.78, 5) is 24.6. The number of rotatable bonds is 11. The number of benzene rings is 2. The number of ether oxygens (including phenoxy) is 1. The lowest BCUT2D eigenvalue weighted by Crippen LogP contribution is -2.15. The van der Waals surface area contributed by atoms with Gasteiger partial charge in [-0.2, -0.15) is 0 Å². The molecule has 0 aliphatic heterocycles. The molecule has 2 aromatic carbocycles. The van der Waals surface area contributed by atoms with Gasteiger partial charge in [0.2, 0.25) is 5.91 Å². The van der Waals surface area contributed by atoms with Crippen LogP contribution in [0.25, 0.3) is 0 Å². The van der Waals surface area contributed by atoms with Gasteiger partial charge in [0.15, 0.2) is 0 Å². The summed E-state index contributed by atoms with van der Waals surface area (Å²) in [5.41, 5.74) is 1.89. The second-order valence-electron chi connectivity index (χ2n) is 7.58. The molecule has 0 atom stereocenters. The summed E-state index contributed by atoms with van der Waals surface area (Å²) in [5, 5.41) is 5.75. The number of carbonyl (C=O) groups excluding carboxylic acids is 2. The van der Waals surface area contributed by atoms with E-state index in [0.29, 0.717) is 41.6 Å². The summed E-state index contributed by atoms with van der Waals surface area (Å²) in [6.07, 6.45) is 4.96. The maximum absolute atomic E-state index is 12.7. The maximum atomic E-state index is 12.7. The van der Waals surface area contributed by atoms with Crippen molar-refractivity contribution >= 4 is 23.2 Å². The van der Waals surface area contributed by atoms with E-state index >= 15 is 0 Å². The molecule has 2 rings (SSSR count). The molecule has 2 N–H and O–H groups in total. The molecule has 0 aliphatic rings. The van der Waals surface area contributed by atoms with Crippen LogP contribution >= 0.6 is 0 Å². The second kappa shape index (κ2) is 11.9. The van der Waals surface area contributed by atoms with Crippen molar-refractivity contribution in [3.8, 4) is 5.75 Å². The Morgan fingerprint density at radius 2 is 1.55 bits per heavy atom. The quantitative estimate of drug-likeness (QED) is 0.466. The number of hydrogen-bond donors (Lipinski definition) is 2. The Bertz CT molecular complexity index is 785. The van der Waals surface area contributed by atoms with Crippen LogP contribution in [-0.4, -0.2) is 18.4 Å². The molecule has 5 heteroatoms. The van der Waals surface area contributed by atoms with Crippen molar-refractivity contribution in [2.75, 3.05) is 17.2 Å². The van der Waals surface area contributed by atoms with Gasteiger partial charge in [0.25, 0.3) is 5.91 Å². The minimum atomic E-state index is -0.217. The van der Waals surface area contributed by atoms with E-state index in [1.165, 1.54) is 12.8 Å². The number of anilines is 2. The molecule has 0 fully saturated rings. The first-order valence-electron chi connectivity index (χ1n) is 10.4. The molecular formula is C24H32N2O3. The van der Waals surface area contributed by atoms with E-state index in [1.54, 1.807) is 30.3 Å². The Hall–Kier alpha value is -2.82. The Morgan fingerprint density at radius 1 is 0.897 bits per heavy atom. The minimum absolute atomic E-state index is 0.0122. The van der Waals surface area contributed by atoms with Crippen LogP contribution in [0.2, 0.25) is 0 Å². The fourth-order valence-corrected chi connectivity index (χ4v) is 2.91. The van der Waals surface area contributed by atoms with Gasteiger partial charge in [0.1, 0.15) is 5.75 Å². The van der Waals surface area contributed by atoms with Crippen LogP contribution in [0.1, 0.15) is 63.2 Å². The molecule has 156 valence electrons. The van der Waals surface area contributed by atoms with E-state index in [1.807, 2.05) is 32.0 Å². The molecule has 0 bridgehead atoms. The largest absolute Gasteiger partial charge is 0.493 e. The van der Waals surface area contributed by atoms with Crippen molar-refractivity contribution < 1.29 is 14.3 Å². The lowest BCUT2D eigenvalue weighted by atomic mass is 10.1. The molecule has 0 aromatic heterocycles. The van der Waals surface area contributed by atoms with Crippen LogP contribution in [0.5, 0.6) is 5.75 Å². The van der Waals surface area contributed by atoms with Crippen molar-refractivity contribution in [3.05, 3.63) is 54.1 Å². The van der Waals surface area contributed by atoms with Crippen LogP contribution in [0.4, 0.5) is 11.4 Å². The van der Waals surface area contributed by atoms with Crippen molar-refractivity contribution in [2.24, 2.45) is 5.92 Å². The molecule has 2 aromatic rings. The van der Waals surface area contributed by atoms with E-state index in [0.717, 1.165) is 12.8 Å². The van der Waals surface area contributed by atoms with Gasteiger partial charge in [-0.05, 0) is 48.7 Å². The van der Waals surface area contributed by atoms with Gasteiger partial charge in [0, 0.05) is 17.8 Å². The summed E-state index contributed by atoms with van der Waals surface area (Å²) in [5.74, 6) is 0.675. The van der Waals surface area contributed by atoms with Gasteiger partial charge in [-0.3, -0.25) is 9.59 Å². The third-order valence-corrected chi connectivity index (χ3v) is 4.41. The standard InChI is InChI=1S/C24H32N2O3/c1-4-5-6-9-16-29-22-11-8-7-10-21(22)24(28)26-20-14-12-19(13-15-20)25-23(27)17-18(2)3/h7-8,10-15,18H,4-6,9,16-17H2,1-3H3,(H,25,27)(H,26,28). The lowest BCUT2D eigenvalue weighted by Gasteiger charge is -2.12. The zero-order valence-electron chi connectivity index (χ0n) is 17.7. The maximum Gasteiger partial charge on any atom is 0.259 e. The third kappa shape index (κ3) is 7.98. The van der Waals surface area contributed by atoms with Gasteiger partial charge >= 0.3 is 0 Å². The molecule has 29 heavy (non-hydrogen) atoms. The monoisotopic (exact) mass is 396 g/mol. The highest BCUT2D eigenvalue weighted by Gasteiger charge is 2.12. The zero-order valence-corrected chi connectivity index (χ0v) is 17.7. The average Bonchev–Trinajstić information content (AvgIpc) is 2.69. The Balaban J connectivity index is 1.93. The molecule has 2 amide bonds. The highest BCUT2D eigenvalue weighted by Crippen LogP contribution is 2.21. The predicted molar refractivity (Wildman–Crippen MR) is 119 cm³/mol. The van der Waals surface area contributed by atoms with Gasteiger partial charge < -0.3 is 15.4 Å². The summed E-state index contributed by atoms with van der Waals surface area (Å²) in [7, 11) is 0. The molecule has 5 nitrogen and oxygen atoms in total. The third-order valence-electron chi connectivity index (χ3n) is 4.41. The van der Waals surface area contributed by atoms with Gasteiger partial charge in [-0.15, -0.1) is 0 Å². The van der Waals surface area contributed by atoms with Crippen LogP contribution < -0.4 is 15.4 Å². The van der Waals surface area contributed by atoms with E-state index in [9.17, 15) is 9.59 Å². The fourth-order valence-electron chi connectivity index (χ4n) is 2.91. The molecule has 0 heterocycles. The Morgan fingerprint density at radius 3 is 2.21 bits per heavy atom. The highest BCUT2D eigenvalue weighted by molar-refractivity contribution is 6.06. The Kier molecular flexibility index (Phi) is 9.22. The first-order valence-corrected chi connectivity index (χ1v) is 10.4. The molecule has 0 radical (unpaired) electrons. The van der Waals surface area contributed by atoms with E-state index in [2.05, 4.69) is 17.6 Å². The van der Waals surface area contributed by atoms with Crippen molar-refractivity contribution in [2.45, 2.75) is 52.9 Å². The van der Waals surface area contributed by atoms with Crippen molar-refractivity contribution in [1.29, 1.82) is 0 Å². The minimum Gasteiger partial charge on any atom is -0.493 e. The smallest absolute Gasteiger partial charge is 0.259 e. The number of unbranched alkanes of at least 4 members (excludes halogenated alkanes) is 3. The molecule has 0 spiro atoms. The van der Waals surface area contributed by atoms with Crippen LogP contribution in [0.15, 0.2) is 48.5 Å². The predicted octanol–water partition coefficient (Wildman–Crippen LogP) is 5.88. The summed E-state index contributed by atoms with van der Waals surface area (Å²) < 4.78 is 5.83. The van der Waals surface area contributed by atoms with E-state index in [4.69, 9.17) is 4.74 Å². The van der Waals surface area contributed by atoms with Crippen molar-refractivity contribution in [1.82, 2.24) is 0 Å². The zero-order chi connectivity index (χ0) is 21.1. The molecule has 0 saturated heterocycles. The number of nitrogens with one attached hydrogen (secondary N) is 2. The summed E-state index contributed by atoms with van der Waals surface area (Å²) >= 11 is 0. The van der Waals surface area contributed by atoms with Crippen LogP contribution in [0, 0.1) is 5.92 Å². The highest BCUT2D eigenvalue weighted by atomic mass is 16.5. The molecule has 0 saturated carbocycles. The SMILES string of the molecule is CCCCCCOc1ccccc1C(=O)Nc1ccc(NC(=O)CC(C)C)cc1. The number of carbonyl (C=O) groups is 2. The van der Waals surface area contributed by atoms with E-state index in [-0.39, 0.29) is 11.8 Å². The summed E-state index contributed by atoms with van der Waals surface area (Å²) in [6, 6.07) is 14.4. The van der Waals surface area contributed by atoms with Crippen molar-refractivity contribution in [3.63, 3.8) is 0 Å². The number of para-hydroxylation sites is 1. The first kappa shape index (κ1) is 22.5. The summed E-state index contributed by atoms with van der Waals surface area (Å²) in [6.45, 7) is 6.79. The number of hydrogen-bond acceptors (Lipinski definition) is 3. The van der Waals surface area contributed by atoms with Crippen LogP contribution in [-0.2, 0) is 4.79 Å². The average molecular weight is 397 g/mol. The number of amides is 2. The van der Waals surface area contributed by atoms with Gasteiger partial charge in [0.05, 0.1) is 12.2 Å².